The van der Waals surface area contributed by atoms with Crippen LogP contribution in [0.5, 0.6) is 0 Å². The molecule has 14 heavy (non-hydrogen) atoms. The quantitative estimate of drug-likeness (QED) is 0.715. The fraction of sp³-hybridized carbons (Fsp3) is 0.455. The zero-order valence-electron chi connectivity index (χ0n) is 7.82. The van der Waals surface area contributed by atoms with Crippen molar-refractivity contribution >= 4 is 5.78 Å². The molecule has 1 aromatic heterocycles. The van der Waals surface area contributed by atoms with Crippen molar-refractivity contribution in [3.63, 3.8) is 0 Å². The Bertz CT molecular complexity index is 374. The van der Waals surface area contributed by atoms with Gasteiger partial charge in [-0.2, -0.15) is 5.26 Å². The molecular weight excluding hydrogens is 178 g/mol. The summed E-state index contributed by atoms with van der Waals surface area (Å²) in [6.45, 7) is 0. The molecule has 0 aromatic carbocycles. The SMILES string of the molecule is N#CC1(Cc2ccco2)CCCC1=O. The maximum absolute atomic E-state index is 11.6. The molecule has 1 saturated carbocycles. The minimum absolute atomic E-state index is 0.0661. The van der Waals surface area contributed by atoms with Crippen LogP contribution in [0.3, 0.4) is 0 Å². The van der Waals surface area contributed by atoms with Gasteiger partial charge in [-0.25, -0.2) is 0 Å². The third-order valence-electron chi connectivity index (χ3n) is 2.81. The van der Waals surface area contributed by atoms with Gasteiger partial charge >= 0.3 is 0 Å². The summed E-state index contributed by atoms with van der Waals surface area (Å²) in [6, 6.07) is 5.74. The van der Waals surface area contributed by atoms with Crippen LogP contribution in [0.4, 0.5) is 0 Å². The molecule has 3 heteroatoms. The average Bonchev–Trinajstić information content (AvgIpc) is 2.79. The van der Waals surface area contributed by atoms with E-state index >= 15 is 0 Å². The van der Waals surface area contributed by atoms with E-state index in [1.807, 2.05) is 6.07 Å². The number of hydrogen-bond acceptors (Lipinski definition) is 3. The molecule has 1 aliphatic rings. The summed E-state index contributed by atoms with van der Waals surface area (Å²) in [5.74, 6) is 0.790. The maximum atomic E-state index is 11.6. The zero-order chi connectivity index (χ0) is 10.0. The molecule has 1 aliphatic carbocycles. The van der Waals surface area contributed by atoms with Crippen LogP contribution in [0.15, 0.2) is 22.8 Å². The zero-order valence-corrected chi connectivity index (χ0v) is 7.82. The number of furan rings is 1. The largest absolute Gasteiger partial charge is 0.469 e. The van der Waals surface area contributed by atoms with Gasteiger partial charge in [0.2, 0.25) is 0 Å². The molecule has 1 atom stereocenters. The second kappa shape index (κ2) is 3.30. The van der Waals surface area contributed by atoms with Gasteiger partial charge in [0.1, 0.15) is 11.2 Å². The van der Waals surface area contributed by atoms with Crippen molar-refractivity contribution in [2.45, 2.75) is 25.7 Å². The molecule has 1 fully saturated rings. The first-order valence-corrected chi connectivity index (χ1v) is 4.74. The Balaban J connectivity index is 2.23. The van der Waals surface area contributed by atoms with Crippen molar-refractivity contribution in [1.29, 1.82) is 5.26 Å². The number of carbonyl (C=O) groups is 1. The first kappa shape index (κ1) is 9.01. The monoisotopic (exact) mass is 189 g/mol. The third-order valence-corrected chi connectivity index (χ3v) is 2.81. The average molecular weight is 189 g/mol. The predicted octanol–water partition coefficient (Wildman–Crippen LogP) is 2.09. The van der Waals surface area contributed by atoms with E-state index in [4.69, 9.17) is 9.68 Å². The Morgan fingerprint density at radius 3 is 3.00 bits per heavy atom. The van der Waals surface area contributed by atoms with Gasteiger partial charge in [-0.3, -0.25) is 4.79 Å². The van der Waals surface area contributed by atoms with Crippen LogP contribution in [0.1, 0.15) is 25.0 Å². The minimum Gasteiger partial charge on any atom is -0.469 e. The minimum atomic E-state index is -0.808. The van der Waals surface area contributed by atoms with Crippen molar-refractivity contribution in [2.24, 2.45) is 5.41 Å². The van der Waals surface area contributed by atoms with Crippen LogP contribution in [0.25, 0.3) is 0 Å². The smallest absolute Gasteiger partial charge is 0.153 e. The molecule has 0 radical (unpaired) electrons. The topological polar surface area (TPSA) is 54.0 Å². The lowest BCUT2D eigenvalue weighted by molar-refractivity contribution is -0.123. The van der Waals surface area contributed by atoms with Gasteiger partial charge in [-0.1, -0.05) is 0 Å². The normalized spacial score (nSPS) is 26.4. The van der Waals surface area contributed by atoms with Crippen molar-refractivity contribution in [3.05, 3.63) is 24.2 Å². The van der Waals surface area contributed by atoms with Gasteiger partial charge in [0.25, 0.3) is 0 Å². The van der Waals surface area contributed by atoms with E-state index in [0.29, 0.717) is 19.3 Å². The van der Waals surface area contributed by atoms with Gasteiger partial charge in [-0.15, -0.1) is 0 Å². The first-order chi connectivity index (χ1) is 6.77. The molecule has 1 unspecified atom stereocenters. The van der Waals surface area contributed by atoms with Gasteiger partial charge in [0.15, 0.2) is 5.78 Å². The number of hydrogen-bond donors (Lipinski definition) is 0. The van der Waals surface area contributed by atoms with E-state index in [-0.39, 0.29) is 5.78 Å². The third kappa shape index (κ3) is 1.33. The summed E-state index contributed by atoms with van der Waals surface area (Å²) in [5.41, 5.74) is -0.808. The van der Waals surface area contributed by atoms with Crippen molar-refractivity contribution < 1.29 is 9.21 Å². The van der Waals surface area contributed by atoms with Crippen molar-refractivity contribution in [1.82, 2.24) is 0 Å². The Morgan fingerprint density at radius 2 is 2.50 bits per heavy atom. The summed E-state index contributed by atoms with van der Waals surface area (Å²) in [7, 11) is 0. The molecule has 0 aliphatic heterocycles. The second-order valence-corrected chi connectivity index (χ2v) is 3.73. The molecular formula is C11H11NO2. The molecule has 0 amide bonds. The van der Waals surface area contributed by atoms with Crippen LogP contribution in [-0.4, -0.2) is 5.78 Å². The van der Waals surface area contributed by atoms with Crippen LogP contribution >= 0.6 is 0 Å². The highest BCUT2D eigenvalue weighted by atomic mass is 16.3. The van der Waals surface area contributed by atoms with E-state index < -0.39 is 5.41 Å². The number of nitrogens with zero attached hydrogens (tertiary/aromatic N) is 1. The number of ketones is 1. The Hall–Kier alpha value is -1.56. The molecule has 0 bridgehead atoms. The van der Waals surface area contributed by atoms with Gasteiger partial charge in [-0.05, 0) is 25.0 Å². The lowest BCUT2D eigenvalue weighted by Crippen LogP contribution is -2.26. The highest BCUT2D eigenvalue weighted by molar-refractivity contribution is 5.89. The molecule has 1 aromatic rings. The Kier molecular flexibility index (Phi) is 2.12. The van der Waals surface area contributed by atoms with Crippen LogP contribution < -0.4 is 0 Å². The van der Waals surface area contributed by atoms with Crippen molar-refractivity contribution in [2.75, 3.05) is 0 Å². The fourth-order valence-electron chi connectivity index (χ4n) is 1.98. The summed E-state index contributed by atoms with van der Waals surface area (Å²) in [4.78, 5) is 11.6. The maximum Gasteiger partial charge on any atom is 0.153 e. The predicted molar refractivity (Wildman–Crippen MR) is 49.3 cm³/mol. The van der Waals surface area contributed by atoms with E-state index in [1.54, 1.807) is 12.3 Å². The van der Waals surface area contributed by atoms with Crippen LogP contribution in [0.2, 0.25) is 0 Å². The Labute approximate surface area is 82.3 Å². The molecule has 72 valence electrons. The van der Waals surface area contributed by atoms with Gasteiger partial charge in [0.05, 0.1) is 12.3 Å². The summed E-state index contributed by atoms with van der Waals surface area (Å²) >= 11 is 0. The molecule has 0 saturated heterocycles. The standard InChI is InChI=1S/C11H11NO2/c12-8-11(5-1-4-10(11)13)7-9-3-2-6-14-9/h2-3,6H,1,4-5,7H2. The van der Waals surface area contributed by atoms with Crippen molar-refractivity contribution in [3.8, 4) is 6.07 Å². The molecule has 0 N–H and O–H groups in total. The van der Waals surface area contributed by atoms with E-state index in [1.165, 1.54) is 0 Å². The Morgan fingerprint density at radius 1 is 1.64 bits per heavy atom. The van der Waals surface area contributed by atoms with Gasteiger partial charge < -0.3 is 4.42 Å². The molecule has 1 heterocycles. The summed E-state index contributed by atoms with van der Waals surface area (Å²) in [5, 5.41) is 9.07. The molecule has 2 rings (SSSR count). The lowest BCUT2D eigenvalue weighted by Gasteiger charge is -2.16. The van der Waals surface area contributed by atoms with Gasteiger partial charge in [0, 0.05) is 12.8 Å². The number of carbonyl (C=O) groups excluding carboxylic acids is 1. The highest BCUT2D eigenvalue weighted by Crippen LogP contribution is 2.37. The van der Waals surface area contributed by atoms with Crippen LogP contribution in [-0.2, 0) is 11.2 Å². The highest BCUT2D eigenvalue weighted by Gasteiger charge is 2.42. The van der Waals surface area contributed by atoms with E-state index in [0.717, 1.165) is 12.2 Å². The first-order valence-electron chi connectivity index (χ1n) is 4.74. The molecule has 0 spiro atoms. The fourth-order valence-corrected chi connectivity index (χ4v) is 1.98. The number of Topliss-reactive ketones (excluding diaryl/α,β-unsaturated/α-hetero) is 1. The number of rotatable bonds is 2. The second-order valence-electron chi connectivity index (χ2n) is 3.73. The summed E-state index contributed by atoms with van der Waals surface area (Å²) in [6.07, 6.45) is 4.03. The number of nitriles is 1. The van der Waals surface area contributed by atoms with E-state index in [9.17, 15) is 4.79 Å². The lowest BCUT2D eigenvalue weighted by atomic mass is 9.82. The summed E-state index contributed by atoms with van der Waals surface area (Å²) < 4.78 is 5.17. The van der Waals surface area contributed by atoms with E-state index in [2.05, 4.69) is 6.07 Å². The van der Waals surface area contributed by atoms with Crippen LogP contribution in [0, 0.1) is 16.7 Å². The molecule has 3 nitrogen and oxygen atoms in total.